The highest BCUT2D eigenvalue weighted by molar-refractivity contribution is 7.92. The van der Waals surface area contributed by atoms with Crippen molar-refractivity contribution in [3.8, 4) is 0 Å². The van der Waals surface area contributed by atoms with E-state index in [0.29, 0.717) is 11.3 Å². The van der Waals surface area contributed by atoms with E-state index >= 15 is 0 Å². The lowest BCUT2D eigenvalue weighted by Gasteiger charge is -2.15. The smallest absolute Gasteiger partial charge is 0.324 e. The summed E-state index contributed by atoms with van der Waals surface area (Å²) in [5, 5.41) is 11.9. The fraction of sp³-hybridized carbons (Fsp3) is 0.571. The van der Waals surface area contributed by atoms with Crippen molar-refractivity contribution in [3.63, 3.8) is 0 Å². The van der Waals surface area contributed by atoms with Crippen molar-refractivity contribution in [3.05, 3.63) is 0 Å². The van der Waals surface area contributed by atoms with E-state index in [-0.39, 0.29) is 36.8 Å². The number of urea groups is 1. The predicted octanol–water partition coefficient (Wildman–Crippen LogP) is -0.198. The molecule has 154 valence electrons. The average molecular weight is 432 g/mol. The molecular weight excluding hydrogens is 412 g/mol. The van der Waals surface area contributed by atoms with Gasteiger partial charge in [-0.15, -0.1) is 10.2 Å². The third kappa shape index (κ3) is 5.01. The molecular formula is C14H20N6O6S2. The molecule has 0 atom stereocenters. The Bertz CT molecular complexity index is 909. The van der Waals surface area contributed by atoms with Crippen LogP contribution >= 0.6 is 11.3 Å². The normalized spacial score (nSPS) is 16.0. The number of imide groups is 1. The van der Waals surface area contributed by atoms with Crippen LogP contribution in [0, 0.1) is 0 Å². The van der Waals surface area contributed by atoms with Gasteiger partial charge in [-0.05, 0) is 20.3 Å². The number of aromatic nitrogens is 2. The molecule has 1 aliphatic rings. The first-order valence-electron chi connectivity index (χ1n) is 8.29. The summed E-state index contributed by atoms with van der Waals surface area (Å²) in [6, 6.07) is -0.557. The molecule has 1 aromatic rings. The lowest BCUT2D eigenvalue weighted by Crippen LogP contribution is -2.40. The minimum atomic E-state index is -4.24. The van der Waals surface area contributed by atoms with Gasteiger partial charge >= 0.3 is 6.03 Å². The Hall–Kier alpha value is -2.61. The van der Waals surface area contributed by atoms with Gasteiger partial charge in [-0.2, -0.15) is 8.42 Å². The van der Waals surface area contributed by atoms with Crippen molar-refractivity contribution in [2.45, 2.75) is 49.9 Å². The first-order valence-corrected chi connectivity index (χ1v) is 10.6. The summed E-state index contributed by atoms with van der Waals surface area (Å²) in [5.74, 6) is -1.59. The standard InChI is InChI=1S/C14H20N6O6S2/c1-4-8(21)15-11-17-18-13(27-11)28(25,26)19-9(22)6-5-7-20-10(23)14(2,3)16-12(20)24/h4-7H2,1-3H3,(H,16,24)(H,19,22)(H,15,17,21). The van der Waals surface area contributed by atoms with Gasteiger partial charge < -0.3 is 10.6 Å². The second-order valence-corrected chi connectivity index (χ2v) is 9.25. The van der Waals surface area contributed by atoms with Crippen molar-refractivity contribution >= 4 is 50.2 Å². The van der Waals surface area contributed by atoms with Gasteiger partial charge in [-0.1, -0.05) is 18.3 Å². The second kappa shape index (κ2) is 8.18. The van der Waals surface area contributed by atoms with Crippen LogP contribution in [0.5, 0.6) is 0 Å². The van der Waals surface area contributed by atoms with Gasteiger partial charge in [0.25, 0.3) is 20.3 Å². The number of nitrogens with one attached hydrogen (secondary N) is 3. The van der Waals surface area contributed by atoms with Crippen LogP contribution in [0.25, 0.3) is 0 Å². The van der Waals surface area contributed by atoms with Crippen LogP contribution in [0.4, 0.5) is 9.93 Å². The zero-order valence-corrected chi connectivity index (χ0v) is 17.1. The molecule has 3 N–H and O–H groups in total. The molecule has 28 heavy (non-hydrogen) atoms. The molecule has 1 aromatic heterocycles. The van der Waals surface area contributed by atoms with Gasteiger partial charge in [-0.3, -0.25) is 19.3 Å². The number of carbonyl (C=O) groups is 4. The van der Waals surface area contributed by atoms with Crippen LogP contribution in [-0.4, -0.2) is 59.4 Å². The zero-order valence-electron chi connectivity index (χ0n) is 15.4. The summed E-state index contributed by atoms with van der Waals surface area (Å²) >= 11 is 0.607. The fourth-order valence-electron chi connectivity index (χ4n) is 2.24. The topological polar surface area (TPSA) is 168 Å². The third-order valence-electron chi connectivity index (χ3n) is 3.68. The number of nitrogens with zero attached hydrogens (tertiary/aromatic N) is 3. The van der Waals surface area contributed by atoms with Crippen molar-refractivity contribution in [1.29, 1.82) is 0 Å². The molecule has 5 amide bonds. The maximum Gasteiger partial charge on any atom is 0.325 e. The maximum absolute atomic E-state index is 12.2. The predicted molar refractivity (Wildman–Crippen MR) is 97.7 cm³/mol. The quantitative estimate of drug-likeness (QED) is 0.375. The molecule has 1 saturated heterocycles. The lowest BCUT2D eigenvalue weighted by atomic mass is 10.1. The Morgan fingerprint density at radius 1 is 1.21 bits per heavy atom. The largest absolute Gasteiger partial charge is 0.325 e. The highest BCUT2D eigenvalue weighted by atomic mass is 32.2. The van der Waals surface area contributed by atoms with E-state index in [0.717, 1.165) is 4.90 Å². The monoisotopic (exact) mass is 432 g/mol. The van der Waals surface area contributed by atoms with E-state index in [1.807, 2.05) is 4.72 Å². The molecule has 1 aliphatic heterocycles. The molecule has 12 nitrogen and oxygen atoms in total. The molecule has 2 rings (SSSR count). The van der Waals surface area contributed by atoms with Gasteiger partial charge in [-0.25, -0.2) is 9.52 Å². The minimum absolute atomic E-state index is 0.000784. The number of sulfonamides is 1. The Morgan fingerprint density at radius 3 is 2.46 bits per heavy atom. The molecule has 14 heteroatoms. The van der Waals surface area contributed by atoms with Crippen LogP contribution in [0.2, 0.25) is 0 Å². The van der Waals surface area contributed by atoms with E-state index in [1.54, 1.807) is 20.8 Å². The Morgan fingerprint density at radius 2 is 1.89 bits per heavy atom. The van der Waals surface area contributed by atoms with Crippen molar-refractivity contribution < 1.29 is 27.6 Å². The van der Waals surface area contributed by atoms with Crippen LogP contribution in [0.15, 0.2) is 4.34 Å². The molecule has 0 unspecified atom stereocenters. The fourth-order valence-corrected chi connectivity index (χ4v) is 4.17. The van der Waals surface area contributed by atoms with Gasteiger partial charge in [0.15, 0.2) is 0 Å². The van der Waals surface area contributed by atoms with Crippen LogP contribution in [-0.2, 0) is 24.4 Å². The van der Waals surface area contributed by atoms with E-state index in [1.165, 1.54) is 0 Å². The zero-order chi connectivity index (χ0) is 21.1. The first kappa shape index (κ1) is 21.7. The van der Waals surface area contributed by atoms with Gasteiger partial charge in [0, 0.05) is 19.4 Å². The van der Waals surface area contributed by atoms with Gasteiger partial charge in [0.1, 0.15) is 5.54 Å². The van der Waals surface area contributed by atoms with E-state index in [4.69, 9.17) is 0 Å². The molecule has 0 spiro atoms. The van der Waals surface area contributed by atoms with Crippen LogP contribution in [0.3, 0.4) is 0 Å². The minimum Gasteiger partial charge on any atom is -0.324 e. The molecule has 2 heterocycles. The summed E-state index contributed by atoms with van der Waals surface area (Å²) < 4.78 is 25.7. The molecule has 1 fully saturated rings. The van der Waals surface area contributed by atoms with E-state index in [9.17, 15) is 27.6 Å². The van der Waals surface area contributed by atoms with E-state index < -0.39 is 37.7 Å². The van der Waals surface area contributed by atoms with E-state index in [2.05, 4.69) is 20.8 Å². The maximum atomic E-state index is 12.2. The second-order valence-electron chi connectivity index (χ2n) is 6.42. The highest BCUT2D eigenvalue weighted by Crippen LogP contribution is 2.20. The SMILES string of the molecule is CCC(=O)Nc1nnc(S(=O)(=O)NC(=O)CCCN2C(=O)NC(C)(C)C2=O)s1. The van der Waals surface area contributed by atoms with Crippen LogP contribution < -0.4 is 15.4 Å². The molecule has 0 aliphatic carbocycles. The van der Waals surface area contributed by atoms with Crippen molar-refractivity contribution in [1.82, 2.24) is 25.1 Å². The summed E-state index contributed by atoms with van der Waals surface area (Å²) in [5.41, 5.74) is -1.01. The van der Waals surface area contributed by atoms with Gasteiger partial charge in [0.2, 0.25) is 16.9 Å². The van der Waals surface area contributed by atoms with Gasteiger partial charge in [0.05, 0.1) is 0 Å². The van der Waals surface area contributed by atoms with Crippen molar-refractivity contribution in [2.75, 3.05) is 11.9 Å². The summed E-state index contributed by atoms with van der Waals surface area (Å²) in [4.78, 5) is 48.0. The highest BCUT2D eigenvalue weighted by Gasteiger charge is 2.43. The average Bonchev–Trinajstić information content (AvgIpc) is 3.12. The number of amides is 5. The number of carbonyl (C=O) groups excluding carboxylic acids is 4. The molecule has 0 saturated carbocycles. The summed E-state index contributed by atoms with van der Waals surface area (Å²) in [6.45, 7) is 4.72. The third-order valence-corrected chi connectivity index (χ3v) is 6.26. The van der Waals surface area contributed by atoms with Crippen molar-refractivity contribution in [2.24, 2.45) is 0 Å². The number of rotatable bonds is 8. The number of anilines is 1. The molecule has 0 bridgehead atoms. The molecule has 0 radical (unpaired) electrons. The number of hydrogen-bond donors (Lipinski definition) is 3. The van der Waals surface area contributed by atoms with Crippen LogP contribution in [0.1, 0.15) is 40.0 Å². The first-order chi connectivity index (χ1) is 13.0. The summed E-state index contributed by atoms with van der Waals surface area (Å²) in [7, 11) is -4.24. The Balaban J connectivity index is 1.88. The Kier molecular flexibility index (Phi) is 6.34. The summed E-state index contributed by atoms with van der Waals surface area (Å²) in [6.07, 6.45) is 0.0482. The Labute approximate surface area is 165 Å². The number of hydrogen-bond acceptors (Lipinski definition) is 9. The lowest BCUT2D eigenvalue weighted by molar-refractivity contribution is -0.130. The molecule has 0 aromatic carbocycles.